The van der Waals surface area contributed by atoms with Crippen molar-refractivity contribution in [3.63, 3.8) is 0 Å². The largest absolute Gasteiger partial charge is 0.468 e. The molecule has 1 amide bonds. The Morgan fingerprint density at radius 1 is 1.40 bits per heavy atom. The molecule has 1 atom stereocenters. The first-order chi connectivity index (χ1) is 6.76. The van der Waals surface area contributed by atoms with Crippen LogP contribution in [0.1, 0.15) is 20.8 Å². The fourth-order valence-corrected chi connectivity index (χ4v) is 0.742. The molecule has 0 aliphatic carbocycles. The molecule has 0 aliphatic heterocycles. The summed E-state index contributed by atoms with van der Waals surface area (Å²) in [5.74, 6) is -0.578. The Kier molecular flexibility index (Phi) is 5.07. The van der Waals surface area contributed by atoms with Crippen LogP contribution in [0.15, 0.2) is 0 Å². The number of nitrogens with two attached hydrogens (primary N) is 1. The maximum atomic E-state index is 11.1. The second-order valence-corrected chi connectivity index (χ2v) is 4.01. The van der Waals surface area contributed by atoms with Gasteiger partial charge >= 0.3 is 12.1 Å². The van der Waals surface area contributed by atoms with Crippen molar-refractivity contribution in [2.75, 3.05) is 13.7 Å². The zero-order chi connectivity index (χ0) is 12.1. The van der Waals surface area contributed by atoms with Gasteiger partial charge < -0.3 is 20.5 Å². The van der Waals surface area contributed by atoms with E-state index in [-0.39, 0.29) is 6.54 Å². The SMILES string of the molecule is COC(=O)[C@H](N)CNC(=O)OC(C)(C)C. The van der Waals surface area contributed by atoms with Gasteiger partial charge in [0.25, 0.3) is 0 Å². The van der Waals surface area contributed by atoms with E-state index >= 15 is 0 Å². The van der Waals surface area contributed by atoms with Crippen molar-refractivity contribution in [1.29, 1.82) is 0 Å². The molecule has 0 bridgehead atoms. The molecule has 0 fully saturated rings. The van der Waals surface area contributed by atoms with E-state index in [0.717, 1.165) is 0 Å². The molecule has 88 valence electrons. The summed E-state index contributed by atoms with van der Waals surface area (Å²) in [5.41, 5.74) is 4.82. The van der Waals surface area contributed by atoms with E-state index < -0.39 is 23.7 Å². The maximum absolute atomic E-state index is 11.1. The minimum Gasteiger partial charge on any atom is -0.468 e. The van der Waals surface area contributed by atoms with E-state index in [1.54, 1.807) is 20.8 Å². The molecule has 6 nitrogen and oxygen atoms in total. The van der Waals surface area contributed by atoms with Crippen LogP contribution in [-0.2, 0) is 14.3 Å². The van der Waals surface area contributed by atoms with Gasteiger partial charge in [0.1, 0.15) is 11.6 Å². The third-order valence-corrected chi connectivity index (χ3v) is 1.37. The van der Waals surface area contributed by atoms with E-state index in [9.17, 15) is 9.59 Å². The van der Waals surface area contributed by atoms with Crippen LogP contribution in [0.25, 0.3) is 0 Å². The van der Waals surface area contributed by atoms with Gasteiger partial charge in [-0.25, -0.2) is 4.79 Å². The summed E-state index contributed by atoms with van der Waals surface area (Å²) >= 11 is 0. The zero-order valence-corrected chi connectivity index (χ0v) is 9.49. The van der Waals surface area contributed by atoms with Gasteiger partial charge in [0.05, 0.1) is 7.11 Å². The molecule has 0 saturated carbocycles. The molecule has 0 saturated heterocycles. The molecule has 3 N–H and O–H groups in total. The second-order valence-electron chi connectivity index (χ2n) is 4.01. The normalized spacial score (nSPS) is 12.9. The predicted octanol–water partition coefficient (Wildman–Crippen LogP) is 0.0114. The highest BCUT2D eigenvalue weighted by atomic mass is 16.6. The zero-order valence-electron chi connectivity index (χ0n) is 9.49. The van der Waals surface area contributed by atoms with E-state index in [2.05, 4.69) is 10.1 Å². The molecule has 0 aromatic rings. The number of esters is 1. The number of alkyl carbamates (subject to hydrolysis) is 1. The smallest absolute Gasteiger partial charge is 0.407 e. The molecule has 6 heteroatoms. The molecule has 0 unspecified atom stereocenters. The fraction of sp³-hybridized carbons (Fsp3) is 0.778. The third kappa shape index (κ3) is 6.73. The quantitative estimate of drug-likeness (QED) is 0.651. The third-order valence-electron chi connectivity index (χ3n) is 1.37. The van der Waals surface area contributed by atoms with Crippen molar-refractivity contribution in [3.8, 4) is 0 Å². The molecule has 0 spiro atoms. The van der Waals surface area contributed by atoms with Crippen molar-refractivity contribution in [1.82, 2.24) is 5.32 Å². The molecule has 0 radical (unpaired) electrons. The lowest BCUT2D eigenvalue weighted by Crippen LogP contribution is -2.44. The van der Waals surface area contributed by atoms with Gasteiger partial charge in [-0.1, -0.05) is 0 Å². The molecule has 0 rings (SSSR count). The standard InChI is InChI=1S/C9H18N2O4/c1-9(2,3)15-8(13)11-5-6(10)7(12)14-4/h6H,5,10H2,1-4H3,(H,11,13)/t6-/m1/s1. The maximum Gasteiger partial charge on any atom is 0.407 e. The van der Waals surface area contributed by atoms with Crippen LogP contribution in [0.3, 0.4) is 0 Å². The molecule has 0 aromatic carbocycles. The number of nitrogens with one attached hydrogen (secondary N) is 1. The summed E-state index contributed by atoms with van der Waals surface area (Å²) in [7, 11) is 1.23. The van der Waals surface area contributed by atoms with Gasteiger partial charge in [-0.3, -0.25) is 4.79 Å². The van der Waals surface area contributed by atoms with Gasteiger partial charge in [0.15, 0.2) is 0 Å². The molecule has 0 aromatic heterocycles. The summed E-state index contributed by atoms with van der Waals surface area (Å²) in [6.07, 6.45) is -0.609. The van der Waals surface area contributed by atoms with Crippen LogP contribution in [0.2, 0.25) is 0 Å². The lowest BCUT2D eigenvalue weighted by molar-refractivity contribution is -0.141. The summed E-state index contributed by atoms with van der Waals surface area (Å²) in [6.45, 7) is 5.22. The Balaban J connectivity index is 3.86. The van der Waals surface area contributed by atoms with E-state index in [1.807, 2.05) is 0 Å². The summed E-state index contributed by atoms with van der Waals surface area (Å²) < 4.78 is 9.33. The first-order valence-electron chi connectivity index (χ1n) is 4.56. The lowest BCUT2D eigenvalue weighted by atomic mass is 10.2. The number of ether oxygens (including phenoxy) is 2. The van der Waals surface area contributed by atoms with Crippen molar-refractivity contribution in [2.45, 2.75) is 32.4 Å². The van der Waals surface area contributed by atoms with E-state index in [1.165, 1.54) is 7.11 Å². The second kappa shape index (κ2) is 5.55. The number of carbonyl (C=O) groups is 2. The highest BCUT2D eigenvalue weighted by Gasteiger charge is 2.18. The molecule has 0 heterocycles. The number of carbonyl (C=O) groups excluding carboxylic acids is 2. The van der Waals surface area contributed by atoms with Crippen LogP contribution in [0.5, 0.6) is 0 Å². The van der Waals surface area contributed by atoms with Crippen molar-refractivity contribution >= 4 is 12.1 Å². The Morgan fingerprint density at radius 3 is 2.33 bits per heavy atom. The van der Waals surface area contributed by atoms with Crippen molar-refractivity contribution < 1.29 is 19.1 Å². The van der Waals surface area contributed by atoms with Crippen molar-refractivity contribution in [2.24, 2.45) is 5.73 Å². The molecular formula is C9H18N2O4. The van der Waals surface area contributed by atoms with Crippen LogP contribution in [-0.4, -0.2) is 37.4 Å². The Bertz CT molecular complexity index is 235. The van der Waals surface area contributed by atoms with Crippen molar-refractivity contribution in [3.05, 3.63) is 0 Å². The number of rotatable bonds is 3. The summed E-state index contributed by atoms with van der Waals surface area (Å²) in [6, 6.07) is -0.873. The van der Waals surface area contributed by atoms with Gasteiger partial charge in [-0.2, -0.15) is 0 Å². The van der Waals surface area contributed by atoms with Crippen LogP contribution in [0.4, 0.5) is 4.79 Å². The fourth-order valence-electron chi connectivity index (χ4n) is 0.742. The van der Waals surface area contributed by atoms with Crippen LogP contribution in [0, 0.1) is 0 Å². The predicted molar refractivity (Wildman–Crippen MR) is 54.2 cm³/mol. The van der Waals surface area contributed by atoms with Gasteiger partial charge in [-0.15, -0.1) is 0 Å². The minimum absolute atomic E-state index is 0.0123. The molecule has 0 aliphatic rings. The highest BCUT2D eigenvalue weighted by Crippen LogP contribution is 2.06. The van der Waals surface area contributed by atoms with Gasteiger partial charge in [-0.05, 0) is 20.8 Å². The van der Waals surface area contributed by atoms with Gasteiger partial charge in [0, 0.05) is 6.54 Å². The van der Waals surface area contributed by atoms with Crippen LogP contribution < -0.4 is 11.1 Å². The first kappa shape index (κ1) is 13.7. The Labute approximate surface area is 89.1 Å². The molecular weight excluding hydrogens is 200 g/mol. The first-order valence-corrected chi connectivity index (χ1v) is 4.56. The topological polar surface area (TPSA) is 90.6 Å². The van der Waals surface area contributed by atoms with E-state index in [0.29, 0.717) is 0 Å². The number of amides is 1. The lowest BCUT2D eigenvalue weighted by Gasteiger charge is -2.20. The number of hydrogen-bond acceptors (Lipinski definition) is 5. The number of hydrogen-bond donors (Lipinski definition) is 2. The van der Waals surface area contributed by atoms with Gasteiger partial charge in [0.2, 0.25) is 0 Å². The van der Waals surface area contributed by atoms with E-state index in [4.69, 9.17) is 10.5 Å². The van der Waals surface area contributed by atoms with Crippen LogP contribution >= 0.6 is 0 Å². The Morgan fingerprint density at radius 2 is 1.93 bits per heavy atom. The highest BCUT2D eigenvalue weighted by molar-refractivity contribution is 5.76. The average molecular weight is 218 g/mol. The minimum atomic E-state index is -0.873. The average Bonchev–Trinajstić information content (AvgIpc) is 2.10. The Hall–Kier alpha value is -1.30. The monoisotopic (exact) mass is 218 g/mol. The molecule has 15 heavy (non-hydrogen) atoms. The summed E-state index contributed by atoms with van der Waals surface area (Å²) in [5, 5.41) is 2.37. The summed E-state index contributed by atoms with van der Waals surface area (Å²) in [4.78, 5) is 22.0. The number of methoxy groups -OCH3 is 1.